The van der Waals surface area contributed by atoms with Crippen LogP contribution >= 0.6 is 0 Å². The van der Waals surface area contributed by atoms with Crippen molar-refractivity contribution >= 4 is 23.4 Å². The molecule has 1 aromatic carbocycles. The normalized spacial score (nSPS) is 12.4. The van der Waals surface area contributed by atoms with E-state index in [4.69, 9.17) is 10.5 Å². The molecule has 0 saturated heterocycles. The maximum absolute atomic E-state index is 12.2. The standard InChI is InChI=1S/C16H25N3O4/c1-9-6-11(17)12(7-10(9)2)18-14(21)13(8-20)19-15(22)23-16(3,4)5/h6-7,13,20H,8,17H2,1-5H3,(H,18,21)(H,19,22)/t13-/m0/s1. The molecule has 0 heterocycles. The first kappa shape index (κ1) is 18.8. The van der Waals surface area contributed by atoms with Crippen LogP contribution in [0.5, 0.6) is 0 Å². The maximum Gasteiger partial charge on any atom is 0.408 e. The Labute approximate surface area is 136 Å². The predicted molar refractivity (Wildman–Crippen MR) is 89.2 cm³/mol. The van der Waals surface area contributed by atoms with Gasteiger partial charge in [-0.2, -0.15) is 0 Å². The molecule has 23 heavy (non-hydrogen) atoms. The number of aliphatic hydroxyl groups excluding tert-OH is 1. The summed E-state index contributed by atoms with van der Waals surface area (Å²) in [6.45, 7) is 8.36. The fourth-order valence-electron chi connectivity index (χ4n) is 1.81. The third-order valence-corrected chi connectivity index (χ3v) is 3.11. The monoisotopic (exact) mass is 323 g/mol. The van der Waals surface area contributed by atoms with Crippen LogP contribution in [0.2, 0.25) is 0 Å². The van der Waals surface area contributed by atoms with E-state index in [1.54, 1.807) is 32.9 Å². The van der Waals surface area contributed by atoms with E-state index >= 15 is 0 Å². The van der Waals surface area contributed by atoms with Crippen molar-refractivity contribution in [2.24, 2.45) is 0 Å². The molecule has 7 heteroatoms. The highest BCUT2D eigenvalue weighted by Crippen LogP contribution is 2.23. The Hall–Kier alpha value is -2.28. The van der Waals surface area contributed by atoms with Gasteiger partial charge in [0.05, 0.1) is 18.0 Å². The van der Waals surface area contributed by atoms with Crippen LogP contribution in [0.15, 0.2) is 12.1 Å². The average Bonchev–Trinajstić information content (AvgIpc) is 2.40. The van der Waals surface area contributed by atoms with Crippen LogP contribution in [0.4, 0.5) is 16.2 Å². The van der Waals surface area contributed by atoms with Crippen molar-refractivity contribution in [3.8, 4) is 0 Å². The van der Waals surface area contributed by atoms with Gasteiger partial charge >= 0.3 is 6.09 Å². The lowest BCUT2D eigenvalue weighted by Crippen LogP contribution is -2.47. The molecule has 0 aromatic heterocycles. The first-order valence-electron chi connectivity index (χ1n) is 7.31. The summed E-state index contributed by atoms with van der Waals surface area (Å²) in [5.74, 6) is -0.576. The molecule has 0 fully saturated rings. The molecule has 1 aromatic rings. The molecule has 0 saturated carbocycles. The highest BCUT2D eigenvalue weighted by Gasteiger charge is 2.24. The maximum atomic E-state index is 12.2. The van der Waals surface area contributed by atoms with Gasteiger partial charge in [-0.3, -0.25) is 4.79 Å². The van der Waals surface area contributed by atoms with Gasteiger partial charge in [0.15, 0.2) is 0 Å². The Bertz CT molecular complexity index is 594. The number of nitrogens with two attached hydrogens (primary N) is 1. The van der Waals surface area contributed by atoms with Gasteiger partial charge in [0.25, 0.3) is 0 Å². The van der Waals surface area contributed by atoms with Gasteiger partial charge in [-0.15, -0.1) is 0 Å². The van der Waals surface area contributed by atoms with Crippen molar-refractivity contribution in [1.29, 1.82) is 0 Å². The number of aliphatic hydroxyl groups is 1. The lowest BCUT2D eigenvalue weighted by atomic mass is 10.1. The Morgan fingerprint density at radius 2 is 1.83 bits per heavy atom. The Balaban J connectivity index is 2.78. The Morgan fingerprint density at radius 3 is 2.35 bits per heavy atom. The van der Waals surface area contributed by atoms with Crippen molar-refractivity contribution in [2.45, 2.75) is 46.3 Å². The number of ether oxygens (including phenoxy) is 1. The Kier molecular flexibility index (Phi) is 5.98. The van der Waals surface area contributed by atoms with Gasteiger partial charge in [-0.05, 0) is 57.9 Å². The van der Waals surface area contributed by atoms with Crippen LogP contribution in [-0.4, -0.2) is 35.4 Å². The molecular weight excluding hydrogens is 298 g/mol. The zero-order valence-corrected chi connectivity index (χ0v) is 14.2. The lowest BCUT2D eigenvalue weighted by Gasteiger charge is -2.22. The highest BCUT2D eigenvalue weighted by molar-refractivity contribution is 5.99. The molecule has 7 nitrogen and oxygen atoms in total. The summed E-state index contributed by atoms with van der Waals surface area (Å²) >= 11 is 0. The van der Waals surface area contributed by atoms with Crippen molar-refractivity contribution < 1.29 is 19.4 Å². The molecule has 0 radical (unpaired) electrons. The average molecular weight is 323 g/mol. The number of alkyl carbamates (subject to hydrolysis) is 1. The van der Waals surface area contributed by atoms with Crippen LogP contribution in [0, 0.1) is 13.8 Å². The summed E-state index contributed by atoms with van der Waals surface area (Å²) in [5, 5.41) is 14.3. The number of anilines is 2. The number of carbonyl (C=O) groups is 2. The SMILES string of the molecule is Cc1cc(N)c(NC(=O)[C@H](CO)NC(=O)OC(C)(C)C)cc1C. The van der Waals surface area contributed by atoms with Crippen LogP contribution in [0.1, 0.15) is 31.9 Å². The number of carbonyl (C=O) groups excluding carboxylic acids is 2. The molecule has 1 rings (SSSR count). The molecule has 0 unspecified atom stereocenters. The highest BCUT2D eigenvalue weighted by atomic mass is 16.6. The van der Waals surface area contributed by atoms with E-state index in [1.807, 2.05) is 13.8 Å². The topological polar surface area (TPSA) is 114 Å². The van der Waals surface area contributed by atoms with Crippen LogP contribution < -0.4 is 16.4 Å². The third kappa shape index (κ3) is 5.78. The number of hydrogen-bond acceptors (Lipinski definition) is 5. The van der Waals surface area contributed by atoms with Gasteiger partial charge in [0.1, 0.15) is 11.6 Å². The van der Waals surface area contributed by atoms with Gasteiger partial charge in [-0.1, -0.05) is 0 Å². The minimum Gasteiger partial charge on any atom is -0.444 e. The van der Waals surface area contributed by atoms with Crippen molar-refractivity contribution in [2.75, 3.05) is 17.7 Å². The predicted octanol–water partition coefficient (Wildman–Crippen LogP) is 1.71. The fourth-order valence-corrected chi connectivity index (χ4v) is 1.81. The second-order valence-corrected chi connectivity index (χ2v) is 6.39. The number of hydrogen-bond donors (Lipinski definition) is 4. The molecule has 1 atom stereocenters. The summed E-state index contributed by atoms with van der Waals surface area (Å²) in [7, 11) is 0. The molecule has 128 valence electrons. The number of nitrogen functional groups attached to an aromatic ring is 1. The van der Waals surface area contributed by atoms with E-state index < -0.39 is 30.3 Å². The van der Waals surface area contributed by atoms with E-state index in [2.05, 4.69) is 10.6 Å². The van der Waals surface area contributed by atoms with Crippen molar-refractivity contribution in [3.63, 3.8) is 0 Å². The van der Waals surface area contributed by atoms with E-state index in [1.165, 1.54) is 0 Å². The number of benzene rings is 1. The smallest absolute Gasteiger partial charge is 0.408 e. The van der Waals surface area contributed by atoms with Crippen molar-refractivity contribution in [1.82, 2.24) is 5.32 Å². The summed E-state index contributed by atoms with van der Waals surface area (Å²) in [6, 6.07) is 2.36. The quantitative estimate of drug-likeness (QED) is 0.630. The van der Waals surface area contributed by atoms with Crippen LogP contribution in [0.3, 0.4) is 0 Å². The van der Waals surface area contributed by atoms with Crippen LogP contribution in [-0.2, 0) is 9.53 Å². The molecule has 0 aliphatic rings. The molecule has 2 amide bonds. The first-order chi connectivity index (χ1) is 10.5. The van der Waals surface area contributed by atoms with E-state index in [0.29, 0.717) is 11.4 Å². The molecule has 5 N–H and O–H groups in total. The fraction of sp³-hybridized carbons (Fsp3) is 0.500. The van der Waals surface area contributed by atoms with E-state index in [0.717, 1.165) is 11.1 Å². The van der Waals surface area contributed by atoms with Gasteiger partial charge in [0.2, 0.25) is 5.91 Å². The summed E-state index contributed by atoms with van der Waals surface area (Å²) in [5.41, 5.74) is 8.00. The van der Waals surface area contributed by atoms with Gasteiger partial charge < -0.3 is 26.2 Å². The minimum absolute atomic E-state index is 0.412. The first-order valence-corrected chi connectivity index (χ1v) is 7.31. The van der Waals surface area contributed by atoms with Gasteiger partial charge in [0, 0.05) is 0 Å². The summed E-state index contributed by atoms with van der Waals surface area (Å²) < 4.78 is 5.06. The zero-order chi connectivity index (χ0) is 17.8. The minimum atomic E-state index is -1.13. The largest absolute Gasteiger partial charge is 0.444 e. The van der Waals surface area contributed by atoms with Crippen molar-refractivity contribution in [3.05, 3.63) is 23.3 Å². The molecule has 0 bridgehead atoms. The molecular formula is C16H25N3O4. The number of rotatable bonds is 4. The number of aryl methyl sites for hydroxylation is 2. The van der Waals surface area contributed by atoms with E-state index in [-0.39, 0.29) is 0 Å². The molecule has 0 aliphatic carbocycles. The summed E-state index contributed by atoms with van der Waals surface area (Å²) in [4.78, 5) is 23.9. The molecule has 0 spiro atoms. The zero-order valence-electron chi connectivity index (χ0n) is 14.2. The van der Waals surface area contributed by atoms with Crippen LogP contribution in [0.25, 0.3) is 0 Å². The third-order valence-electron chi connectivity index (χ3n) is 3.11. The number of nitrogens with one attached hydrogen (secondary N) is 2. The molecule has 0 aliphatic heterocycles. The Morgan fingerprint density at radius 1 is 1.26 bits per heavy atom. The second kappa shape index (κ2) is 7.32. The van der Waals surface area contributed by atoms with E-state index in [9.17, 15) is 14.7 Å². The second-order valence-electron chi connectivity index (χ2n) is 6.39. The van der Waals surface area contributed by atoms with Gasteiger partial charge in [-0.25, -0.2) is 4.79 Å². The summed E-state index contributed by atoms with van der Waals surface area (Å²) in [6.07, 6.45) is -0.778. The lowest BCUT2D eigenvalue weighted by molar-refractivity contribution is -0.119. The number of amides is 2.